The lowest BCUT2D eigenvalue weighted by Gasteiger charge is -2.20. The fourth-order valence-corrected chi connectivity index (χ4v) is 3.08. The first-order chi connectivity index (χ1) is 13.7. The first-order valence-corrected chi connectivity index (χ1v) is 9.48. The van der Waals surface area contributed by atoms with Crippen molar-refractivity contribution in [3.8, 4) is 0 Å². The van der Waals surface area contributed by atoms with Crippen LogP contribution in [-0.2, 0) is 6.42 Å². The molecule has 8 heteroatoms. The van der Waals surface area contributed by atoms with Gasteiger partial charge in [0, 0.05) is 28.7 Å². The molecular weight excluding hydrogens is 375 g/mol. The standard InChI is InChI=1S/C21H25FN4O3/c1-12-17-15(23-24-19(27)13-8-10-14(22)11-9-13)6-5-7-16(17)29-18(12)20(28)25-26-21(2,3)4/h8-11,26H,5-7H2,1-4H3,(H,24,27)(H,25,28)/b23-15+. The number of benzene rings is 1. The number of hydrogen-bond donors (Lipinski definition) is 3. The van der Waals surface area contributed by atoms with E-state index in [2.05, 4.69) is 21.4 Å². The molecule has 3 rings (SSSR count). The predicted molar refractivity (Wildman–Crippen MR) is 107 cm³/mol. The van der Waals surface area contributed by atoms with Gasteiger partial charge in [0.15, 0.2) is 5.76 Å². The van der Waals surface area contributed by atoms with Crippen molar-refractivity contribution in [2.45, 2.75) is 52.5 Å². The van der Waals surface area contributed by atoms with Gasteiger partial charge >= 0.3 is 5.91 Å². The van der Waals surface area contributed by atoms with E-state index in [1.807, 2.05) is 20.8 Å². The molecule has 7 nitrogen and oxygen atoms in total. The quantitative estimate of drug-likeness (QED) is 0.687. The summed E-state index contributed by atoms with van der Waals surface area (Å²) in [4.78, 5) is 24.8. The molecule has 1 aliphatic rings. The number of nitrogens with one attached hydrogen (secondary N) is 3. The topological polar surface area (TPSA) is 95.7 Å². The first-order valence-electron chi connectivity index (χ1n) is 9.48. The van der Waals surface area contributed by atoms with Crippen molar-refractivity contribution < 1.29 is 18.4 Å². The molecule has 1 aromatic heterocycles. The highest BCUT2D eigenvalue weighted by atomic mass is 19.1. The summed E-state index contributed by atoms with van der Waals surface area (Å²) in [6.45, 7) is 7.60. The van der Waals surface area contributed by atoms with Crippen LogP contribution in [0.2, 0.25) is 0 Å². The van der Waals surface area contributed by atoms with E-state index in [1.54, 1.807) is 6.92 Å². The third-order valence-corrected chi connectivity index (χ3v) is 4.48. The van der Waals surface area contributed by atoms with Crippen LogP contribution in [0.5, 0.6) is 0 Å². The summed E-state index contributed by atoms with van der Waals surface area (Å²) in [5, 5.41) is 4.26. The molecule has 154 valence electrons. The summed E-state index contributed by atoms with van der Waals surface area (Å²) in [6, 6.07) is 5.23. The second-order valence-corrected chi connectivity index (χ2v) is 8.04. The highest BCUT2D eigenvalue weighted by Gasteiger charge is 2.28. The number of aryl methyl sites for hydroxylation is 1. The molecule has 0 radical (unpaired) electrons. The Morgan fingerprint density at radius 3 is 2.45 bits per heavy atom. The largest absolute Gasteiger partial charge is 0.455 e. The molecule has 0 bridgehead atoms. The van der Waals surface area contributed by atoms with Crippen molar-refractivity contribution >= 4 is 17.5 Å². The van der Waals surface area contributed by atoms with Crippen molar-refractivity contribution in [2.75, 3.05) is 0 Å². The van der Waals surface area contributed by atoms with Crippen LogP contribution in [0.1, 0.15) is 71.4 Å². The predicted octanol–water partition coefficient (Wildman–Crippen LogP) is 3.23. The van der Waals surface area contributed by atoms with Crippen LogP contribution in [-0.4, -0.2) is 23.1 Å². The molecule has 0 fully saturated rings. The van der Waals surface area contributed by atoms with Crippen molar-refractivity contribution in [2.24, 2.45) is 5.10 Å². The number of hydrogen-bond acceptors (Lipinski definition) is 5. The highest BCUT2D eigenvalue weighted by Crippen LogP contribution is 2.29. The monoisotopic (exact) mass is 400 g/mol. The van der Waals surface area contributed by atoms with Gasteiger partial charge in [-0.25, -0.2) is 15.2 Å². The van der Waals surface area contributed by atoms with E-state index in [4.69, 9.17) is 4.42 Å². The number of carbonyl (C=O) groups is 2. The SMILES string of the molecule is Cc1c(C(=O)NNC(C)(C)C)oc2c1/C(=N/NC(=O)c1ccc(F)cc1)CCC2. The van der Waals surface area contributed by atoms with E-state index in [1.165, 1.54) is 24.3 Å². The molecule has 2 aromatic rings. The van der Waals surface area contributed by atoms with Crippen molar-refractivity contribution in [1.29, 1.82) is 0 Å². The van der Waals surface area contributed by atoms with Gasteiger partial charge in [-0.3, -0.25) is 15.0 Å². The number of nitrogens with zero attached hydrogens (tertiary/aromatic N) is 1. The summed E-state index contributed by atoms with van der Waals surface area (Å²) < 4.78 is 18.8. The Balaban J connectivity index is 1.80. The maximum absolute atomic E-state index is 13.0. The molecular formula is C21H25FN4O3. The van der Waals surface area contributed by atoms with Gasteiger partial charge in [0.05, 0.1) is 5.71 Å². The van der Waals surface area contributed by atoms with Crippen molar-refractivity contribution in [3.05, 3.63) is 58.3 Å². The highest BCUT2D eigenvalue weighted by molar-refractivity contribution is 6.07. The minimum atomic E-state index is -0.432. The molecule has 3 N–H and O–H groups in total. The minimum Gasteiger partial charge on any atom is -0.455 e. The summed E-state index contributed by atoms with van der Waals surface area (Å²) >= 11 is 0. The maximum Gasteiger partial charge on any atom is 0.301 e. The Labute approximate surface area is 168 Å². The van der Waals surface area contributed by atoms with Crippen molar-refractivity contribution in [3.63, 3.8) is 0 Å². The third-order valence-electron chi connectivity index (χ3n) is 4.48. The van der Waals surface area contributed by atoms with Crippen LogP contribution >= 0.6 is 0 Å². The summed E-state index contributed by atoms with van der Waals surface area (Å²) in [7, 11) is 0. The lowest BCUT2D eigenvalue weighted by atomic mass is 9.93. The molecule has 1 heterocycles. The van der Waals surface area contributed by atoms with Crippen LogP contribution in [0.25, 0.3) is 0 Å². The van der Waals surface area contributed by atoms with E-state index < -0.39 is 11.7 Å². The van der Waals surface area contributed by atoms with E-state index >= 15 is 0 Å². The van der Waals surface area contributed by atoms with Crippen LogP contribution in [0.15, 0.2) is 33.8 Å². The fraction of sp³-hybridized carbons (Fsp3) is 0.381. The number of furan rings is 1. The van der Waals surface area contributed by atoms with Crippen LogP contribution < -0.4 is 16.3 Å². The molecule has 0 aliphatic heterocycles. The number of hydrazine groups is 1. The Bertz CT molecular complexity index is 956. The van der Waals surface area contributed by atoms with Gasteiger partial charge in [-0.15, -0.1) is 0 Å². The van der Waals surface area contributed by atoms with E-state index in [9.17, 15) is 14.0 Å². The van der Waals surface area contributed by atoms with Gasteiger partial charge < -0.3 is 4.42 Å². The van der Waals surface area contributed by atoms with Gasteiger partial charge in [-0.05, 0) is 64.8 Å². The number of fused-ring (bicyclic) bond motifs is 1. The first kappa shape index (κ1) is 20.7. The van der Waals surface area contributed by atoms with E-state index in [0.29, 0.717) is 35.4 Å². The number of amides is 2. The third kappa shape index (κ3) is 4.89. The smallest absolute Gasteiger partial charge is 0.301 e. The Morgan fingerprint density at radius 1 is 1.10 bits per heavy atom. The molecule has 0 saturated carbocycles. The van der Waals surface area contributed by atoms with Crippen molar-refractivity contribution in [1.82, 2.24) is 16.3 Å². The van der Waals surface area contributed by atoms with Gasteiger partial charge in [-0.1, -0.05) is 0 Å². The average Bonchev–Trinajstić information content (AvgIpc) is 3.01. The zero-order valence-electron chi connectivity index (χ0n) is 17.0. The molecule has 0 atom stereocenters. The normalized spacial score (nSPS) is 15.1. The molecule has 0 unspecified atom stereocenters. The Kier molecular flexibility index (Phi) is 5.83. The summed E-state index contributed by atoms with van der Waals surface area (Å²) in [6.07, 6.45) is 2.14. The molecule has 1 aromatic carbocycles. The average molecular weight is 400 g/mol. The zero-order chi connectivity index (χ0) is 21.2. The summed E-state index contributed by atoms with van der Waals surface area (Å²) in [5.41, 5.74) is 10.2. The van der Waals surface area contributed by atoms with Gasteiger partial charge in [0.2, 0.25) is 0 Å². The maximum atomic E-state index is 13.0. The molecule has 1 aliphatic carbocycles. The lowest BCUT2D eigenvalue weighted by Crippen LogP contribution is -2.48. The summed E-state index contributed by atoms with van der Waals surface area (Å²) in [5.74, 6) is -0.291. The second-order valence-electron chi connectivity index (χ2n) is 8.04. The zero-order valence-corrected chi connectivity index (χ0v) is 17.0. The van der Waals surface area contributed by atoms with Crippen LogP contribution in [0.4, 0.5) is 4.39 Å². The molecule has 2 amide bonds. The van der Waals surface area contributed by atoms with Gasteiger partial charge in [0.25, 0.3) is 5.91 Å². The van der Waals surface area contributed by atoms with E-state index in [-0.39, 0.29) is 17.2 Å². The molecule has 0 spiro atoms. The number of rotatable bonds is 4. The van der Waals surface area contributed by atoms with Crippen LogP contribution in [0, 0.1) is 12.7 Å². The number of halogens is 1. The lowest BCUT2D eigenvalue weighted by molar-refractivity contribution is 0.0882. The number of carbonyl (C=O) groups excluding carboxylic acids is 2. The minimum absolute atomic E-state index is 0.228. The molecule has 29 heavy (non-hydrogen) atoms. The van der Waals surface area contributed by atoms with Gasteiger partial charge in [0.1, 0.15) is 11.6 Å². The van der Waals surface area contributed by atoms with Gasteiger partial charge in [-0.2, -0.15) is 5.10 Å². The fourth-order valence-electron chi connectivity index (χ4n) is 3.08. The number of hydrazone groups is 1. The second kappa shape index (κ2) is 8.16. The Hall–Kier alpha value is -3.00. The molecule has 0 saturated heterocycles. The van der Waals surface area contributed by atoms with Crippen LogP contribution in [0.3, 0.4) is 0 Å². The Morgan fingerprint density at radius 2 is 1.79 bits per heavy atom. The van der Waals surface area contributed by atoms with E-state index in [0.717, 1.165) is 12.0 Å².